The molecular formula is C7H7F3N2O3. The molecule has 1 aliphatic heterocycles. The summed E-state index contributed by atoms with van der Waals surface area (Å²) in [6.07, 6.45) is -5.48. The van der Waals surface area contributed by atoms with E-state index < -0.39 is 36.4 Å². The molecule has 0 spiro atoms. The first-order valence-electron chi connectivity index (χ1n) is 3.91. The average Bonchev–Trinajstić information content (AvgIpc) is 2.32. The molecule has 84 valence electrons. The fourth-order valence-corrected chi connectivity index (χ4v) is 1.11. The van der Waals surface area contributed by atoms with Crippen molar-refractivity contribution in [3.05, 3.63) is 0 Å². The van der Waals surface area contributed by atoms with Crippen LogP contribution in [0, 0.1) is 0 Å². The summed E-state index contributed by atoms with van der Waals surface area (Å²) in [7, 11) is 1.14. The molecule has 1 atom stereocenters. The van der Waals surface area contributed by atoms with E-state index in [1.54, 1.807) is 0 Å². The van der Waals surface area contributed by atoms with Crippen molar-refractivity contribution in [1.82, 2.24) is 10.2 Å². The van der Waals surface area contributed by atoms with Gasteiger partial charge in [0.1, 0.15) is 6.04 Å². The maximum Gasteiger partial charge on any atom is 0.471 e. The zero-order valence-corrected chi connectivity index (χ0v) is 7.59. The zero-order chi connectivity index (χ0) is 11.8. The van der Waals surface area contributed by atoms with Gasteiger partial charge >= 0.3 is 12.1 Å². The predicted molar refractivity (Wildman–Crippen MR) is 40.4 cm³/mol. The predicted octanol–water partition coefficient (Wildman–Crippen LogP) is -0.578. The quantitative estimate of drug-likeness (QED) is 0.606. The van der Waals surface area contributed by atoms with Crippen LogP contribution in [0.1, 0.15) is 6.42 Å². The Morgan fingerprint density at radius 2 is 2.00 bits per heavy atom. The Morgan fingerprint density at radius 1 is 1.47 bits per heavy atom. The molecule has 0 unspecified atom stereocenters. The summed E-state index contributed by atoms with van der Waals surface area (Å²) in [5.41, 5.74) is 0. The molecule has 1 rings (SSSR count). The molecule has 1 aliphatic rings. The van der Waals surface area contributed by atoms with Crippen LogP contribution in [-0.2, 0) is 14.4 Å². The fraction of sp³-hybridized carbons (Fsp3) is 0.571. The van der Waals surface area contributed by atoms with Gasteiger partial charge in [0, 0.05) is 7.05 Å². The zero-order valence-electron chi connectivity index (χ0n) is 7.59. The minimum absolute atomic E-state index is 0.433. The van der Waals surface area contributed by atoms with Gasteiger partial charge in [0.2, 0.25) is 5.91 Å². The molecule has 0 aromatic carbocycles. The lowest BCUT2D eigenvalue weighted by Gasteiger charge is -2.12. The molecule has 0 bridgehead atoms. The Labute approximate surface area is 82.2 Å². The van der Waals surface area contributed by atoms with Crippen molar-refractivity contribution in [2.45, 2.75) is 18.6 Å². The maximum atomic E-state index is 11.8. The number of carbonyl (C=O) groups excluding carboxylic acids is 3. The van der Waals surface area contributed by atoms with Crippen LogP contribution in [-0.4, -0.2) is 41.9 Å². The molecule has 0 aromatic rings. The van der Waals surface area contributed by atoms with Gasteiger partial charge < -0.3 is 5.32 Å². The van der Waals surface area contributed by atoms with Gasteiger partial charge in [-0.3, -0.25) is 19.3 Å². The minimum atomic E-state index is -5.05. The number of carbonyl (C=O) groups is 3. The number of rotatable bonds is 1. The maximum absolute atomic E-state index is 11.8. The van der Waals surface area contributed by atoms with Crippen LogP contribution in [0.25, 0.3) is 0 Å². The number of nitrogens with one attached hydrogen (secondary N) is 1. The first-order chi connectivity index (χ1) is 6.73. The van der Waals surface area contributed by atoms with Crippen molar-refractivity contribution in [2.24, 2.45) is 0 Å². The lowest BCUT2D eigenvalue weighted by atomic mass is 10.2. The second kappa shape index (κ2) is 3.52. The fourth-order valence-electron chi connectivity index (χ4n) is 1.11. The standard InChI is InChI=1S/C7H7F3N2O3/c1-12-4(13)2-3(5(12)14)11-6(15)7(8,9)10/h3H,2H2,1H3,(H,11,15)/t3-/m0/s1. The third-order valence-corrected chi connectivity index (χ3v) is 1.94. The van der Waals surface area contributed by atoms with Crippen LogP contribution in [0.4, 0.5) is 13.2 Å². The number of imide groups is 1. The van der Waals surface area contributed by atoms with Crippen LogP contribution in [0.3, 0.4) is 0 Å². The van der Waals surface area contributed by atoms with E-state index in [-0.39, 0.29) is 0 Å². The van der Waals surface area contributed by atoms with Crippen LogP contribution in [0.15, 0.2) is 0 Å². The van der Waals surface area contributed by atoms with Crippen molar-refractivity contribution in [1.29, 1.82) is 0 Å². The molecule has 0 radical (unpaired) electrons. The van der Waals surface area contributed by atoms with Crippen molar-refractivity contribution >= 4 is 17.7 Å². The lowest BCUT2D eigenvalue weighted by Crippen LogP contribution is -2.46. The number of hydrogen-bond donors (Lipinski definition) is 1. The summed E-state index contributed by atoms with van der Waals surface area (Å²) in [5, 5.41) is 1.45. The Balaban J connectivity index is 2.66. The van der Waals surface area contributed by atoms with Gasteiger partial charge in [0.15, 0.2) is 0 Å². The van der Waals surface area contributed by atoms with Gasteiger partial charge in [-0.05, 0) is 0 Å². The summed E-state index contributed by atoms with van der Waals surface area (Å²) in [6, 6.07) is -1.41. The third kappa shape index (κ3) is 2.25. The van der Waals surface area contributed by atoms with E-state index in [9.17, 15) is 27.6 Å². The molecule has 1 N–H and O–H groups in total. The van der Waals surface area contributed by atoms with Gasteiger partial charge in [0.25, 0.3) is 5.91 Å². The molecular weight excluding hydrogens is 217 g/mol. The van der Waals surface area contributed by atoms with E-state index in [2.05, 4.69) is 0 Å². The Hall–Kier alpha value is -1.60. The number of hydrogen-bond acceptors (Lipinski definition) is 3. The summed E-state index contributed by atoms with van der Waals surface area (Å²) in [5.74, 6) is -3.67. The summed E-state index contributed by atoms with van der Waals surface area (Å²) >= 11 is 0. The van der Waals surface area contributed by atoms with E-state index in [4.69, 9.17) is 0 Å². The molecule has 0 aliphatic carbocycles. The molecule has 5 nitrogen and oxygen atoms in total. The number of amides is 3. The van der Waals surface area contributed by atoms with E-state index >= 15 is 0 Å². The first kappa shape index (κ1) is 11.5. The molecule has 0 saturated carbocycles. The molecule has 8 heteroatoms. The van der Waals surface area contributed by atoms with Gasteiger partial charge in [-0.15, -0.1) is 0 Å². The second-order valence-corrected chi connectivity index (χ2v) is 3.02. The largest absolute Gasteiger partial charge is 0.471 e. The second-order valence-electron chi connectivity index (χ2n) is 3.02. The van der Waals surface area contributed by atoms with Crippen molar-refractivity contribution in [3.8, 4) is 0 Å². The highest BCUT2D eigenvalue weighted by Gasteiger charge is 2.44. The number of alkyl halides is 3. The van der Waals surface area contributed by atoms with Gasteiger partial charge in [0.05, 0.1) is 6.42 Å². The monoisotopic (exact) mass is 224 g/mol. The topological polar surface area (TPSA) is 66.5 Å². The lowest BCUT2D eigenvalue weighted by molar-refractivity contribution is -0.174. The van der Waals surface area contributed by atoms with Gasteiger partial charge in [-0.1, -0.05) is 0 Å². The highest BCUT2D eigenvalue weighted by molar-refractivity contribution is 6.06. The van der Waals surface area contributed by atoms with Crippen LogP contribution in [0.5, 0.6) is 0 Å². The van der Waals surface area contributed by atoms with E-state index in [1.807, 2.05) is 0 Å². The van der Waals surface area contributed by atoms with E-state index in [0.717, 1.165) is 7.05 Å². The Kier molecular flexibility index (Phi) is 2.69. The van der Waals surface area contributed by atoms with Crippen LogP contribution in [0.2, 0.25) is 0 Å². The van der Waals surface area contributed by atoms with Gasteiger partial charge in [-0.2, -0.15) is 13.2 Å². The smallest absolute Gasteiger partial charge is 0.336 e. The third-order valence-electron chi connectivity index (χ3n) is 1.94. The molecule has 3 amide bonds. The molecule has 1 heterocycles. The summed E-state index contributed by atoms with van der Waals surface area (Å²) < 4.78 is 35.4. The molecule has 0 aromatic heterocycles. The van der Waals surface area contributed by atoms with Gasteiger partial charge in [-0.25, -0.2) is 0 Å². The van der Waals surface area contributed by atoms with E-state index in [1.165, 1.54) is 5.32 Å². The number of nitrogens with zero attached hydrogens (tertiary/aromatic N) is 1. The number of likely N-dealkylation sites (tertiary alicyclic amines) is 1. The normalized spacial score (nSPS) is 22.1. The van der Waals surface area contributed by atoms with Crippen LogP contribution < -0.4 is 5.32 Å². The summed E-state index contributed by atoms with van der Waals surface area (Å²) in [4.78, 5) is 33.1. The Morgan fingerprint density at radius 3 is 2.33 bits per heavy atom. The minimum Gasteiger partial charge on any atom is -0.336 e. The van der Waals surface area contributed by atoms with Crippen LogP contribution >= 0.6 is 0 Å². The highest BCUT2D eigenvalue weighted by Crippen LogP contribution is 2.17. The van der Waals surface area contributed by atoms with Crippen molar-refractivity contribution < 1.29 is 27.6 Å². The average molecular weight is 224 g/mol. The number of likely N-dealkylation sites (N-methyl/N-ethyl adjacent to an activating group) is 1. The number of halogens is 3. The Bertz CT molecular complexity index is 326. The van der Waals surface area contributed by atoms with E-state index in [0.29, 0.717) is 4.90 Å². The first-order valence-corrected chi connectivity index (χ1v) is 3.91. The molecule has 15 heavy (non-hydrogen) atoms. The molecule has 1 fully saturated rings. The highest BCUT2D eigenvalue weighted by atomic mass is 19.4. The van der Waals surface area contributed by atoms with Crippen molar-refractivity contribution in [2.75, 3.05) is 7.05 Å². The SMILES string of the molecule is CN1C(=O)C[C@H](NC(=O)C(F)(F)F)C1=O. The van der Waals surface area contributed by atoms with Crippen molar-refractivity contribution in [3.63, 3.8) is 0 Å². The summed E-state index contributed by atoms with van der Waals surface area (Å²) in [6.45, 7) is 0. The molecule has 1 saturated heterocycles.